The Morgan fingerprint density at radius 3 is 2.52 bits per heavy atom. The van der Waals surface area contributed by atoms with E-state index in [0.717, 1.165) is 37.2 Å². The molecule has 3 rings (SSSR count). The van der Waals surface area contributed by atoms with Crippen LogP contribution in [0.5, 0.6) is 0 Å². The van der Waals surface area contributed by atoms with Gasteiger partial charge in [-0.3, -0.25) is 0 Å². The number of carbonyl (C=O) groups excluding carboxylic acids is 2. The summed E-state index contributed by atoms with van der Waals surface area (Å²) in [4.78, 5) is 25.9. The molecule has 1 saturated heterocycles. The number of rotatable bonds is 5. The molecule has 1 aliphatic heterocycles. The van der Waals surface area contributed by atoms with Gasteiger partial charge in [-0.25, -0.2) is 9.59 Å². The van der Waals surface area contributed by atoms with Gasteiger partial charge in [-0.15, -0.1) is 0 Å². The summed E-state index contributed by atoms with van der Waals surface area (Å²) >= 11 is 0. The zero-order valence-corrected chi connectivity index (χ0v) is 15.4. The largest absolute Gasteiger partial charge is 0.465 e. The van der Waals surface area contributed by atoms with Crippen LogP contribution in [-0.4, -0.2) is 38.3 Å². The summed E-state index contributed by atoms with van der Waals surface area (Å²) in [5.41, 5.74) is 2.50. The molecule has 6 heteroatoms. The van der Waals surface area contributed by atoms with Gasteiger partial charge in [0, 0.05) is 24.8 Å². The van der Waals surface area contributed by atoms with Crippen LogP contribution in [0.2, 0.25) is 0 Å². The zero-order valence-electron chi connectivity index (χ0n) is 15.4. The summed E-state index contributed by atoms with van der Waals surface area (Å²) in [7, 11) is 1.38. The first kappa shape index (κ1) is 18.8. The molecule has 2 aromatic rings. The quantitative estimate of drug-likeness (QED) is 0.820. The van der Waals surface area contributed by atoms with Gasteiger partial charge >= 0.3 is 12.1 Å². The maximum atomic E-state index is 12.0. The Hall–Kier alpha value is -3.02. The average Bonchev–Trinajstić information content (AvgIpc) is 2.73. The van der Waals surface area contributed by atoms with Gasteiger partial charge in [-0.1, -0.05) is 36.4 Å². The summed E-state index contributed by atoms with van der Waals surface area (Å²) in [6.45, 7) is 1.87. The summed E-state index contributed by atoms with van der Waals surface area (Å²) in [6, 6.07) is 17.1. The maximum Gasteiger partial charge on any atom is 0.407 e. The number of piperidine rings is 1. The molecule has 1 fully saturated rings. The molecule has 27 heavy (non-hydrogen) atoms. The minimum Gasteiger partial charge on any atom is -0.465 e. The van der Waals surface area contributed by atoms with Crippen LogP contribution in [0, 0.1) is 0 Å². The highest BCUT2D eigenvalue weighted by Crippen LogP contribution is 2.21. The third kappa shape index (κ3) is 5.23. The van der Waals surface area contributed by atoms with E-state index in [2.05, 4.69) is 10.2 Å². The van der Waals surface area contributed by atoms with Crippen molar-refractivity contribution < 1.29 is 19.1 Å². The highest BCUT2D eigenvalue weighted by atomic mass is 16.5. The van der Waals surface area contributed by atoms with E-state index in [1.54, 1.807) is 6.07 Å². The number of amides is 1. The first-order valence-electron chi connectivity index (χ1n) is 9.06. The number of ether oxygens (including phenoxy) is 2. The van der Waals surface area contributed by atoms with Crippen LogP contribution >= 0.6 is 0 Å². The highest BCUT2D eigenvalue weighted by molar-refractivity contribution is 5.90. The first-order valence-corrected chi connectivity index (χ1v) is 9.06. The van der Waals surface area contributed by atoms with Crippen molar-refractivity contribution >= 4 is 17.7 Å². The number of esters is 1. The Morgan fingerprint density at radius 1 is 1.07 bits per heavy atom. The number of nitrogens with zero attached hydrogens (tertiary/aromatic N) is 1. The standard InChI is InChI=1S/C21H24N2O4/c1-26-20(24)17-8-5-9-19(14-17)23-12-10-18(11-13-23)22-21(25)27-15-16-6-3-2-4-7-16/h2-9,14,18H,10-13,15H2,1H3,(H,22,25). The smallest absolute Gasteiger partial charge is 0.407 e. The van der Waals surface area contributed by atoms with Gasteiger partial charge in [0.15, 0.2) is 0 Å². The van der Waals surface area contributed by atoms with Gasteiger partial charge in [0.1, 0.15) is 6.61 Å². The molecule has 1 aliphatic rings. The van der Waals surface area contributed by atoms with Crippen LogP contribution < -0.4 is 10.2 Å². The monoisotopic (exact) mass is 368 g/mol. The normalized spacial score (nSPS) is 14.5. The van der Waals surface area contributed by atoms with Crippen LogP contribution in [-0.2, 0) is 16.1 Å². The second-order valence-corrected chi connectivity index (χ2v) is 6.51. The van der Waals surface area contributed by atoms with Gasteiger partial charge in [0.05, 0.1) is 12.7 Å². The van der Waals surface area contributed by atoms with Gasteiger partial charge < -0.3 is 19.7 Å². The Balaban J connectivity index is 1.46. The van der Waals surface area contributed by atoms with Crippen LogP contribution in [0.1, 0.15) is 28.8 Å². The Bertz CT molecular complexity index is 771. The molecule has 0 aromatic heterocycles. The summed E-state index contributed by atoms with van der Waals surface area (Å²) in [6.07, 6.45) is 1.26. The Kier molecular flexibility index (Phi) is 6.30. The molecule has 1 N–H and O–H groups in total. The Labute approximate surface area is 159 Å². The predicted molar refractivity (Wildman–Crippen MR) is 103 cm³/mol. The van der Waals surface area contributed by atoms with E-state index in [9.17, 15) is 9.59 Å². The van der Waals surface area contributed by atoms with E-state index in [1.165, 1.54) is 7.11 Å². The second kappa shape index (κ2) is 9.07. The summed E-state index contributed by atoms with van der Waals surface area (Å²) < 4.78 is 10.1. The number of anilines is 1. The topological polar surface area (TPSA) is 67.9 Å². The van der Waals surface area contributed by atoms with Crippen LogP contribution in [0.25, 0.3) is 0 Å². The number of carbonyl (C=O) groups is 2. The molecule has 0 unspecified atom stereocenters. The van der Waals surface area contributed by atoms with Crippen molar-refractivity contribution in [3.63, 3.8) is 0 Å². The lowest BCUT2D eigenvalue weighted by Crippen LogP contribution is -2.44. The molecule has 142 valence electrons. The first-order chi connectivity index (χ1) is 13.2. The second-order valence-electron chi connectivity index (χ2n) is 6.51. The number of hydrogen-bond acceptors (Lipinski definition) is 5. The highest BCUT2D eigenvalue weighted by Gasteiger charge is 2.22. The number of methoxy groups -OCH3 is 1. The van der Waals surface area contributed by atoms with Crippen molar-refractivity contribution in [2.45, 2.75) is 25.5 Å². The van der Waals surface area contributed by atoms with Crippen molar-refractivity contribution in [3.8, 4) is 0 Å². The number of hydrogen-bond donors (Lipinski definition) is 1. The van der Waals surface area contributed by atoms with Crippen LogP contribution in [0.3, 0.4) is 0 Å². The summed E-state index contributed by atoms with van der Waals surface area (Å²) in [5, 5.41) is 2.94. The summed E-state index contributed by atoms with van der Waals surface area (Å²) in [5.74, 6) is -0.338. The fraction of sp³-hybridized carbons (Fsp3) is 0.333. The van der Waals surface area contributed by atoms with E-state index in [4.69, 9.17) is 9.47 Å². The fourth-order valence-corrected chi connectivity index (χ4v) is 3.16. The number of nitrogens with one attached hydrogen (secondary N) is 1. The molecule has 0 bridgehead atoms. The van der Waals surface area contributed by atoms with E-state index in [0.29, 0.717) is 5.56 Å². The van der Waals surface area contributed by atoms with Crippen molar-refractivity contribution in [2.24, 2.45) is 0 Å². The van der Waals surface area contributed by atoms with E-state index >= 15 is 0 Å². The fourth-order valence-electron chi connectivity index (χ4n) is 3.16. The average molecular weight is 368 g/mol. The molecule has 1 heterocycles. The molecule has 0 aliphatic carbocycles. The lowest BCUT2D eigenvalue weighted by Gasteiger charge is -2.33. The van der Waals surface area contributed by atoms with Crippen molar-refractivity contribution in [3.05, 3.63) is 65.7 Å². The minimum atomic E-state index is -0.384. The molecular weight excluding hydrogens is 344 g/mol. The Morgan fingerprint density at radius 2 is 1.81 bits per heavy atom. The van der Waals surface area contributed by atoms with Gasteiger partial charge in [0.2, 0.25) is 0 Å². The van der Waals surface area contributed by atoms with Crippen LogP contribution in [0.15, 0.2) is 54.6 Å². The molecular formula is C21H24N2O4. The lowest BCUT2D eigenvalue weighted by molar-refractivity contribution is 0.0600. The minimum absolute atomic E-state index is 0.0910. The van der Waals surface area contributed by atoms with E-state index in [1.807, 2.05) is 48.5 Å². The van der Waals surface area contributed by atoms with Crippen molar-refractivity contribution in [1.82, 2.24) is 5.32 Å². The number of benzene rings is 2. The van der Waals surface area contributed by atoms with Gasteiger partial charge in [0.25, 0.3) is 0 Å². The molecule has 0 atom stereocenters. The molecule has 1 amide bonds. The van der Waals surface area contributed by atoms with Gasteiger partial charge in [-0.2, -0.15) is 0 Å². The van der Waals surface area contributed by atoms with E-state index < -0.39 is 0 Å². The maximum absolute atomic E-state index is 12.0. The van der Waals surface area contributed by atoms with E-state index in [-0.39, 0.29) is 24.7 Å². The molecule has 0 radical (unpaired) electrons. The van der Waals surface area contributed by atoms with Crippen LogP contribution in [0.4, 0.5) is 10.5 Å². The third-order valence-corrected chi connectivity index (χ3v) is 4.66. The van der Waals surface area contributed by atoms with Crippen molar-refractivity contribution in [2.75, 3.05) is 25.1 Å². The zero-order chi connectivity index (χ0) is 19.1. The SMILES string of the molecule is COC(=O)c1cccc(N2CCC(NC(=O)OCc3ccccc3)CC2)c1. The molecule has 6 nitrogen and oxygen atoms in total. The third-order valence-electron chi connectivity index (χ3n) is 4.66. The molecule has 0 spiro atoms. The van der Waals surface area contributed by atoms with Crippen molar-refractivity contribution in [1.29, 1.82) is 0 Å². The lowest BCUT2D eigenvalue weighted by atomic mass is 10.0. The molecule has 0 saturated carbocycles. The predicted octanol–water partition coefficient (Wildman–Crippen LogP) is 3.37. The molecule has 2 aromatic carbocycles. The number of alkyl carbamates (subject to hydrolysis) is 1. The van der Waals surface area contributed by atoms with Gasteiger partial charge in [-0.05, 0) is 36.6 Å².